The highest BCUT2D eigenvalue weighted by atomic mass is 16.5. The van der Waals surface area contributed by atoms with Gasteiger partial charge in [0, 0.05) is 6.92 Å². The van der Waals surface area contributed by atoms with Gasteiger partial charge in [-0.1, -0.05) is 37.1 Å². The second-order valence-corrected chi connectivity index (χ2v) is 5.36. The van der Waals surface area contributed by atoms with E-state index in [4.69, 9.17) is 4.74 Å². The Labute approximate surface area is 118 Å². The Morgan fingerprint density at radius 2 is 1.85 bits per heavy atom. The average molecular weight is 276 g/mol. The van der Waals surface area contributed by atoms with Crippen LogP contribution in [-0.2, 0) is 20.9 Å². The third-order valence-corrected chi connectivity index (χ3v) is 3.93. The van der Waals surface area contributed by atoms with Crippen LogP contribution in [0.15, 0.2) is 24.3 Å². The number of carboxylic acid groups (broad SMARTS) is 1. The van der Waals surface area contributed by atoms with Crippen LogP contribution >= 0.6 is 0 Å². The van der Waals surface area contributed by atoms with Gasteiger partial charge in [-0.3, -0.25) is 9.59 Å². The molecule has 108 valence electrons. The zero-order valence-corrected chi connectivity index (χ0v) is 11.7. The molecule has 0 heterocycles. The maximum atomic E-state index is 11.3. The molecule has 1 aliphatic rings. The van der Waals surface area contributed by atoms with Crippen molar-refractivity contribution in [3.05, 3.63) is 35.4 Å². The molecular weight excluding hydrogens is 256 g/mol. The molecule has 2 unspecified atom stereocenters. The lowest BCUT2D eigenvalue weighted by molar-refractivity contribution is -0.144. The molecule has 0 radical (unpaired) electrons. The molecule has 1 aromatic carbocycles. The first kappa shape index (κ1) is 14.6. The number of rotatable bonds is 4. The highest BCUT2D eigenvalue weighted by Gasteiger charge is 2.31. The first-order chi connectivity index (χ1) is 9.58. The molecular formula is C16H20O4. The van der Waals surface area contributed by atoms with Crippen LogP contribution in [0.3, 0.4) is 0 Å². The molecule has 0 aliphatic heterocycles. The van der Waals surface area contributed by atoms with Gasteiger partial charge in [0.2, 0.25) is 0 Å². The summed E-state index contributed by atoms with van der Waals surface area (Å²) in [5.41, 5.74) is 2.00. The van der Waals surface area contributed by atoms with E-state index in [0.29, 0.717) is 0 Å². The van der Waals surface area contributed by atoms with E-state index in [0.717, 1.165) is 36.8 Å². The summed E-state index contributed by atoms with van der Waals surface area (Å²) in [6, 6.07) is 7.74. The van der Waals surface area contributed by atoms with Gasteiger partial charge in [0.15, 0.2) is 0 Å². The fourth-order valence-corrected chi connectivity index (χ4v) is 2.87. The number of carboxylic acids is 1. The molecule has 20 heavy (non-hydrogen) atoms. The van der Waals surface area contributed by atoms with Crippen molar-refractivity contribution in [3.8, 4) is 0 Å². The van der Waals surface area contributed by atoms with E-state index in [1.54, 1.807) is 0 Å². The van der Waals surface area contributed by atoms with Crippen molar-refractivity contribution in [1.29, 1.82) is 0 Å². The van der Waals surface area contributed by atoms with Gasteiger partial charge < -0.3 is 9.84 Å². The lowest BCUT2D eigenvalue weighted by Gasteiger charge is -2.29. The van der Waals surface area contributed by atoms with E-state index in [1.807, 2.05) is 24.3 Å². The normalized spacial score (nSPS) is 22.2. The predicted octanol–water partition coefficient (Wildman–Crippen LogP) is 3.11. The van der Waals surface area contributed by atoms with Crippen LogP contribution in [0.25, 0.3) is 0 Å². The number of esters is 1. The Bertz CT molecular complexity index is 478. The van der Waals surface area contributed by atoms with Gasteiger partial charge in [0.05, 0.1) is 5.92 Å². The Kier molecular flexibility index (Phi) is 4.77. The summed E-state index contributed by atoms with van der Waals surface area (Å²) in [7, 11) is 0. The number of carbonyl (C=O) groups excluding carboxylic acids is 1. The zero-order chi connectivity index (χ0) is 14.5. The maximum absolute atomic E-state index is 11.3. The van der Waals surface area contributed by atoms with Crippen molar-refractivity contribution in [1.82, 2.24) is 0 Å². The molecule has 0 bridgehead atoms. The van der Waals surface area contributed by atoms with Crippen LogP contribution in [0.1, 0.15) is 49.7 Å². The SMILES string of the molecule is CC(=O)OCc1ccc(C2CCCCC2C(=O)O)cc1. The first-order valence-corrected chi connectivity index (χ1v) is 7.03. The van der Waals surface area contributed by atoms with E-state index >= 15 is 0 Å². The highest BCUT2D eigenvalue weighted by molar-refractivity contribution is 5.71. The van der Waals surface area contributed by atoms with Gasteiger partial charge in [0.1, 0.15) is 6.61 Å². The molecule has 0 aromatic heterocycles. The number of hydrogen-bond acceptors (Lipinski definition) is 3. The van der Waals surface area contributed by atoms with Gasteiger partial charge in [-0.25, -0.2) is 0 Å². The minimum absolute atomic E-state index is 0.101. The molecule has 1 N–H and O–H groups in total. The topological polar surface area (TPSA) is 63.6 Å². The van der Waals surface area contributed by atoms with Crippen molar-refractivity contribution in [3.63, 3.8) is 0 Å². The Morgan fingerprint density at radius 1 is 1.20 bits per heavy atom. The smallest absolute Gasteiger partial charge is 0.307 e. The second kappa shape index (κ2) is 6.55. The van der Waals surface area contributed by atoms with Crippen LogP contribution in [0, 0.1) is 5.92 Å². The number of aliphatic carboxylic acids is 1. The van der Waals surface area contributed by atoms with Crippen LogP contribution < -0.4 is 0 Å². The number of hydrogen-bond donors (Lipinski definition) is 1. The molecule has 2 atom stereocenters. The lowest BCUT2D eigenvalue weighted by Crippen LogP contribution is -2.25. The first-order valence-electron chi connectivity index (χ1n) is 7.03. The lowest BCUT2D eigenvalue weighted by atomic mass is 9.75. The summed E-state index contributed by atoms with van der Waals surface area (Å²) >= 11 is 0. The summed E-state index contributed by atoms with van der Waals surface area (Å²) in [5.74, 6) is -1.17. The monoisotopic (exact) mass is 276 g/mol. The van der Waals surface area contributed by atoms with Crippen LogP contribution in [0.4, 0.5) is 0 Å². The van der Waals surface area contributed by atoms with Gasteiger partial charge in [-0.2, -0.15) is 0 Å². The molecule has 1 aromatic rings. The molecule has 0 saturated heterocycles. The quantitative estimate of drug-likeness (QED) is 0.858. The molecule has 0 amide bonds. The molecule has 0 spiro atoms. The summed E-state index contributed by atoms with van der Waals surface area (Å²) < 4.78 is 4.94. The van der Waals surface area contributed by atoms with E-state index in [1.165, 1.54) is 6.92 Å². The second-order valence-electron chi connectivity index (χ2n) is 5.36. The Morgan fingerprint density at radius 3 is 2.45 bits per heavy atom. The highest BCUT2D eigenvalue weighted by Crippen LogP contribution is 2.37. The number of carbonyl (C=O) groups is 2. The van der Waals surface area contributed by atoms with Crippen molar-refractivity contribution < 1.29 is 19.4 Å². The van der Waals surface area contributed by atoms with E-state index in [2.05, 4.69) is 0 Å². The molecule has 1 fully saturated rings. The van der Waals surface area contributed by atoms with Gasteiger partial charge in [-0.15, -0.1) is 0 Å². The standard InChI is InChI=1S/C16H20O4/c1-11(17)20-10-12-6-8-13(9-7-12)14-4-2-3-5-15(14)16(18)19/h6-9,14-15H,2-5,10H2,1H3,(H,18,19). The molecule has 1 aliphatic carbocycles. The Balaban J connectivity index is 2.07. The van der Waals surface area contributed by atoms with E-state index in [-0.39, 0.29) is 24.4 Å². The van der Waals surface area contributed by atoms with Crippen LogP contribution in [0.5, 0.6) is 0 Å². The molecule has 1 saturated carbocycles. The van der Waals surface area contributed by atoms with E-state index < -0.39 is 5.97 Å². The molecule has 2 rings (SSSR count). The van der Waals surface area contributed by atoms with Crippen LogP contribution in [0.2, 0.25) is 0 Å². The van der Waals surface area contributed by atoms with Crippen molar-refractivity contribution in [2.45, 2.75) is 45.1 Å². The van der Waals surface area contributed by atoms with Gasteiger partial charge >= 0.3 is 11.9 Å². The minimum atomic E-state index is -0.696. The predicted molar refractivity (Wildman–Crippen MR) is 74.2 cm³/mol. The number of ether oxygens (including phenoxy) is 1. The zero-order valence-electron chi connectivity index (χ0n) is 11.7. The van der Waals surface area contributed by atoms with E-state index in [9.17, 15) is 14.7 Å². The summed E-state index contributed by atoms with van der Waals surface area (Å²) in [4.78, 5) is 22.1. The Hall–Kier alpha value is -1.84. The van der Waals surface area contributed by atoms with Crippen molar-refractivity contribution >= 4 is 11.9 Å². The van der Waals surface area contributed by atoms with Gasteiger partial charge in [-0.05, 0) is 29.9 Å². The fraction of sp³-hybridized carbons (Fsp3) is 0.500. The fourth-order valence-electron chi connectivity index (χ4n) is 2.87. The summed E-state index contributed by atoms with van der Waals surface area (Å²) in [6.07, 6.45) is 3.77. The number of benzene rings is 1. The summed E-state index contributed by atoms with van der Waals surface area (Å²) in [6.45, 7) is 1.65. The molecule has 4 nitrogen and oxygen atoms in total. The largest absolute Gasteiger partial charge is 0.481 e. The average Bonchev–Trinajstić information content (AvgIpc) is 2.45. The van der Waals surface area contributed by atoms with Crippen molar-refractivity contribution in [2.75, 3.05) is 0 Å². The third kappa shape index (κ3) is 3.59. The van der Waals surface area contributed by atoms with Crippen molar-refractivity contribution in [2.24, 2.45) is 5.92 Å². The van der Waals surface area contributed by atoms with Crippen LogP contribution in [-0.4, -0.2) is 17.0 Å². The third-order valence-electron chi connectivity index (χ3n) is 3.93. The van der Waals surface area contributed by atoms with Gasteiger partial charge in [0.25, 0.3) is 0 Å². The maximum Gasteiger partial charge on any atom is 0.307 e. The summed E-state index contributed by atoms with van der Waals surface area (Å²) in [5, 5.41) is 9.31. The minimum Gasteiger partial charge on any atom is -0.481 e. The molecule has 4 heteroatoms.